The van der Waals surface area contributed by atoms with Gasteiger partial charge in [0.15, 0.2) is 0 Å². The van der Waals surface area contributed by atoms with Crippen LogP contribution in [0.2, 0.25) is 0 Å². The molecule has 0 bridgehead atoms. The second-order valence-electron chi connectivity index (χ2n) is 6.82. The van der Waals surface area contributed by atoms with Gasteiger partial charge in [0.05, 0.1) is 25.8 Å². The lowest BCUT2D eigenvalue weighted by atomic mass is 9.94. The van der Waals surface area contributed by atoms with Crippen molar-refractivity contribution in [2.75, 3.05) is 20.8 Å². The number of Topliss-reactive ketones (excluding diaryl/α,β-unsaturated/α-hetero) is 1. The van der Waals surface area contributed by atoms with Crippen molar-refractivity contribution in [3.8, 4) is 11.5 Å². The summed E-state index contributed by atoms with van der Waals surface area (Å²) in [6, 6.07) is 13.2. The topological polar surface area (TPSA) is 76.1 Å². The number of nitrogens with zero attached hydrogens (tertiary/aromatic N) is 1. The molecule has 1 aliphatic heterocycles. The number of unbranched alkanes of at least 4 members (excludes halogenated alkanes) is 1. The number of ketones is 1. The number of aliphatic hydroxyl groups excluding tert-OH is 1. The molecule has 0 radical (unpaired) electrons. The summed E-state index contributed by atoms with van der Waals surface area (Å²) in [7, 11) is 3.09. The van der Waals surface area contributed by atoms with Crippen LogP contribution in [0.4, 0.5) is 0 Å². The minimum Gasteiger partial charge on any atom is -0.507 e. The fraction of sp³-hybridized carbons (Fsp3) is 0.304. The second-order valence-corrected chi connectivity index (χ2v) is 6.82. The Morgan fingerprint density at radius 3 is 2.34 bits per heavy atom. The fourth-order valence-corrected chi connectivity index (χ4v) is 3.56. The molecule has 2 aromatic carbocycles. The van der Waals surface area contributed by atoms with Crippen LogP contribution in [0.15, 0.2) is 54.1 Å². The first-order valence-electron chi connectivity index (χ1n) is 9.59. The number of rotatable bonds is 7. The molecule has 1 saturated heterocycles. The molecule has 1 fully saturated rings. The van der Waals surface area contributed by atoms with Gasteiger partial charge in [0.1, 0.15) is 17.3 Å². The number of ether oxygens (including phenoxy) is 2. The summed E-state index contributed by atoms with van der Waals surface area (Å²) in [4.78, 5) is 27.3. The number of carbonyl (C=O) groups excluding carboxylic acids is 2. The molecule has 1 heterocycles. The molecule has 1 atom stereocenters. The highest BCUT2D eigenvalue weighted by Gasteiger charge is 2.46. The smallest absolute Gasteiger partial charge is 0.295 e. The number of carbonyl (C=O) groups is 2. The monoisotopic (exact) mass is 395 g/mol. The molecule has 0 saturated carbocycles. The number of aliphatic hydroxyl groups is 1. The van der Waals surface area contributed by atoms with E-state index in [0.717, 1.165) is 12.8 Å². The van der Waals surface area contributed by atoms with Gasteiger partial charge in [0.2, 0.25) is 0 Å². The van der Waals surface area contributed by atoms with Crippen LogP contribution in [-0.4, -0.2) is 42.5 Å². The standard InChI is InChI=1S/C23H25NO5/c1-4-5-14-24-20(17-8-6-7-9-18(17)29-3)19(22(26)23(24)27)21(25)15-10-12-16(28-2)13-11-15/h6-13,20,25H,4-5,14H2,1-3H3/b21-19-. The molecule has 6 heteroatoms. The summed E-state index contributed by atoms with van der Waals surface area (Å²) in [6.07, 6.45) is 1.63. The molecule has 1 amide bonds. The van der Waals surface area contributed by atoms with Crippen molar-refractivity contribution in [2.24, 2.45) is 0 Å². The van der Waals surface area contributed by atoms with E-state index in [0.29, 0.717) is 29.2 Å². The molecule has 2 aromatic rings. The van der Waals surface area contributed by atoms with E-state index in [1.807, 2.05) is 25.1 Å². The maximum Gasteiger partial charge on any atom is 0.295 e. The highest BCUT2D eigenvalue weighted by atomic mass is 16.5. The Labute approximate surface area is 170 Å². The van der Waals surface area contributed by atoms with Gasteiger partial charge >= 0.3 is 0 Å². The first-order chi connectivity index (χ1) is 14.0. The van der Waals surface area contributed by atoms with Crippen LogP contribution in [0.1, 0.15) is 36.9 Å². The van der Waals surface area contributed by atoms with Gasteiger partial charge in [-0.3, -0.25) is 9.59 Å². The van der Waals surface area contributed by atoms with Crippen molar-refractivity contribution in [1.29, 1.82) is 0 Å². The van der Waals surface area contributed by atoms with Gasteiger partial charge in [-0.15, -0.1) is 0 Å². The summed E-state index contributed by atoms with van der Waals surface area (Å²) in [5, 5.41) is 11.0. The molecule has 0 aromatic heterocycles. The molecule has 1 N–H and O–H groups in total. The summed E-state index contributed by atoms with van der Waals surface area (Å²) in [6.45, 7) is 2.44. The minimum atomic E-state index is -0.709. The van der Waals surface area contributed by atoms with Crippen LogP contribution < -0.4 is 9.47 Å². The van der Waals surface area contributed by atoms with Crippen LogP contribution in [-0.2, 0) is 9.59 Å². The quantitative estimate of drug-likeness (QED) is 0.437. The van der Waals surface area contributed by atoms with Gasteiger partial charge in [0.25, 0.3) is 11.7 Å². The van der Waals surface area contributed by atoms with E-state index in [9.17, 15) is 14.7 Å². The van der Waals surface area contributed by atoms with Crippen LogP contribution in [0.5, 0.6) is 11.5 Å². The van der Waals surface area contributed by atoms with E-state index < -0.39 is 17.7 Å². The zero-order valence-electron chi connectivity index (χ0n) is 16.8. The van der Waals surface area contributed by atoms with Crippen molar-refractivity contribution in [3.63, 3.8) is 0 Å². The van der Waals surface area contributed by atoms with E-state index >= 15 is 0 Å². The Hall–Kier alpha value is -3.28. The Kier molecular flexibility index (Phi) is 6.22. The largest absolute Gasteiger partial charge is 0.507 e. The zero-order valence-corrected chi connectivity index (χ0v) is 16.8. The number of hydrogen-bond acceptors (Lipinski definition) is 5. The summed E-state index contributed by atoms with van der Waals surface area (Å²) in [5.41, 5.74) is 1.18. The molecular formula is C23H25NO5. The highest BCUT2D eigenvalue weighted by molar-refractivity contribution is 6.46. The first-order valence-corrected chi connectivity index (χ1v) is 9.59. The average Bonchev–Trinajstić information content (AvgIpc) is 3.01. The van der Waals surface area contributed by atoms with Crippen LogP contribution in [0, 0.1) is 0 Å². The number of likely N-dealkylation sites (tertiary alicyclic amines) is 1. The zero-order chi connectivity index (χ0) is 21.0. The number of amides is 1. The minimum absolute atomic E-state index is 0.0702. The third kappa shape index (κ3) is 3.83. The molecule has 0 aliphatic carbocycles. The van der Waals surface area contributed by atoms with Crippen LogP contribution in [0.3, 0.4) is 0 Å². The molecule has 1 aliphatic rings. The highest BCUT2D eigenvalue weighted by Crippen LogP contribution is 2.42. The van der Waals surface area contributed by atoms with Crippen molar-refractivity contribution >= 4 is 17.4 Å². The van der Waals surface area contributed by atoms with Crippen LogP contribution in [0.25, 0.3) is 5.76 Å². The maximum atomic E-state index is 12.9. The van der Waals surface area contributed by atoms with Gasteiger partial charge in [-0.25, -0.2) is 0 Å². The Morgan fingerprint density at radius 2 is 1.72 bits per heavy atom. The lowest BCUT2D eigenvalue weighted by Gasteiger charge is -2.26. The number of hydrogen-bond donors (Lipinski definition) is 1. The summed E-state index contributed by atoms with van der Waals surface area (Å²) < 4.78 is 10.6. The third-order valence-electron chi connectivity index (χ3n) is 5.09. The van der Waals surface area contributed by atoms with Gasteiger partial charge < -0.3 is 19.5 Å². The molecule has 152 valence electrons. The van der Waals surface area contributed by atoms with E-state index in [4.69, 9.17) is 9.47 Å². The average molecular weight is 395 g/mol. The number of para-hydroxylation sites is 1. The Bertz CT molecular complexity index is 933. The predicted octanol–water partition coefficient (Wildman–Crippen LogP) is 3.93. The van der Waals surface area contributed by atoms with E-state index in [1.54, 1.807) is 44.6 Å². The maximum absolute atomic E-state index is 12.9. The van der Waals surface area contributed by atoms with Crippen molar-refractivity contribution in [1.82, 2.24) is 4.90 Å². The van der Waals surface area contributed by atoms with Gasteiger partial charge in [-0.1, -0.05) is 31.5 Å². The molecule has 0 spiro atoms. The first kappa shape index (κ1) is 20.5. The Balaban J connectivity index is 2.18. The van der Waals surface area contributed by atoms with E-state index in [-0.39, 0.29) is 11.3 Å². The normalized spacial score (nSPS) is 18.2. The molecule has 3 rings (SSSR count). The second kappa shape index (κ2) is 8.82. The lowest BCUT2D eigenvalue weighted by Crippen LogP contribution is -2.30. The molecule has 6 nitrogen and oxygen atoms in total. The molecule has 1 unspecified atom stereocenters. The van der Waals surface area contributed by atoms with Crippen molar-refractivity contribution < 1.29 is 24.2 Å². The number of methoxy groups -OCH3 is 2. The molecular weight excluding hydrogens is 370 g/mol. The van der Waals surface area contributed by atoms with Crippen LogP contribution >= 0.6 is 0 Å². The van der Waals surface area contributed by atoms with Crippen molar-refractivity contribution in [3.05, 3.63) is 65.2 Å². The van der Waals surface area contributed by atoms with Gasteiger partial charge in [-0.05, 0) is 36.8 Å². The Morgan fingerprint density at radius 1 is 1.03 bits per heavy atom. The number of benzene rings is 2. The SMILES string of the molecule is CCCCN1C(=O)C(=O)/C(=C(\O)c2ccc(OC)cc2)C1c1ccccc1OC. The molecule has 29 heavy (non-hydrogen) atoms. The van der Waals surface area contributed by atoms with E-state index in [1.165, 1.54) is 4.90 Å². The van der Waals surface area contributed by atoms with Gasteiger partial charge in [-0.2, -0.15) is 0 Å². The summed E-state index contributed by atoms with van der Waals surface area (Å²) >= 11 is 0. The predicted molar refractivity (Wildman–Crippen MR) is 110 cm³/mol. The van der Waals surface area contributed by atoms with Gasteiger partial charge in [0, 0.05) is 17.7 Å². The summed E-state index contributed by atoms with van der Waals surface area (Å²) in [5.74, 6) is -0.316. The third-order valence-corrected chi connectivity index (χ3v) is 5.09. The van der Waals surface area contributed by atoms with E-state index in [2.05, 4.69) is 0 Å². The fourth-order valence-electron chi connectivity index (χ4n) is 3.56. The van der Waals surface area contributed by atoms with Crippen molar-refractivity contribution in [2.45, 2.75) is 25.8 Å². The lowest BCUT2D eigenvalue weighted by molar-refractivity contribution is -0.139.